The lowest BCUT2D eigenvalue weighted by molar-refractivity contribution is 0.403. The standard InChI is InChI=1S/C12H19NO/c1-8-6-9(2)12(10(3)13-4)11(7-8)14-5/h6-7,10,13H,1-5H3. The molecule has 0 saturated carbocycles. The third-order valence-corrected chi connectivity index (χ3v) is 2.58. The molecule has 0 saturated heterocycles. The van der Waals surface area contributed by atoms with Gasteiger partial charge in [0.2, 0.25) is 0 Å². The number of ether oxygens (including phenoxy) is 1. The van der Waals surface area contributed by atoms with Crippen LogP contribution >= 0.6 is 0 Å². The zero-order chi connectivity index (χ0) is 10.7. The Morgan fingerprint density at radius 2 is 1.93 bits per heavy atom. The van der Waals surface area contributed by atoms with Crippen LogP contribution in [0.3, 0.4) is 0 Å². The summed E-state index contributed by atoms with van der Waals surface area (Å²) in [4.78, 5) is 0. The maximum absolute atomic E-state index is 5.39. The third kappa shape index (κ3) is 2.07. The predicted molar refractivity (Wildman–Crippen MR) is 59.9 cm³/mol. The molecule has 0 aromatic heterocycles. The number of hydrogen-bond donors (Lipinski definition) is 1. The van der Waals surface area contributed by atoms with Crippen LogP contribution in [-0.2, 0) is 0 Å². The molecule has 0 fully saturated rings. The summed E-state index contributed by atoms with van der Waals surface area (Å²) in [5.41, 5.74) is 3.77. The summed E-state index contributed by atoms with van der Waals surface area (Å²) in [5, 5.41) is 3.24. The predicted octanol–water partition coefficient (Wildman–Crippen LogP) is 2.59. The monoisotopic (exact) mass is 193 g/mol. The van der Waals surface area contributed by atoms with Crippen LogP contribution in [0.15, 0.2) is 12.1 Å². The van der Waals surface area contributed by atoms with Gasteiger partial charge in [-0.05, 0) is 45.0 Å². The van der Waals surface area contributed by atoms with Crippen molar-refractivity contribution in [1.29, 1.82) is 0 Å². The molecular weight excluding hydrogens is 174 g/mol. The van der Waals surface area contributed by atoms with E-state index < -0.39 is 0 Å². The van der Waals surface area contributed by atoms with E-state index >= 15 is 0 Å². The largest absolute Gasteiger partial charge is 0.496 e. The highest BCUT2D eigenvalue weighted by Crippen LogP contribution is 2.29. The lowest BCUT2D eigenvalue weighted by Gasteiger charge is -2.18. The molecule has 1 atom stereocenters. The fourth-order valence-electron chi connectivity index (χ4n) is 1.81. The molecular formula is C12H19NO. The number of nitrogens with one attached hydrogen (secondary N) is 1. The van der Waals surface area contributed by atoms with Crippen molar-refractivity contribution in [3.63, 3.8) is 0 Å². The van der Waals surface area contributed by atoms with Crippen molar-refractivity contribution < 1.29 is 4.74 Å². The fraction of sp³-hybridized carbons (Fsp3) is 0.500. The summed E-state index contributed by atoms with van der Waals surface area (Å²) in [6, 6.07) is 4.59. The van der Waals surface area contributed by atoms with Crippen molar-refractivity contribution >= 4 is 0 Å². The van der Waals surface area contributed by atoms with Crippen LogP contribution in [0.2, 0.25) is 0 Å². The highest BCUT2D eigenvalue weighted by molar-refractivity contribution is 5.44. The van der Waals surface area contributed by atoms with Crippen LogP contribution in [0.4, 0.5) is 0 Å². The first-order valence-corrected chi connectivity index (χ1v) is 4.92. The second-order valence-electron chi connectivity index (χ2n) is 3.71. The van der Waals surface area contributed by atoms with E-state index in [2.05, 4.69) is 38.2 Å². The zero-order valence-electron chi connectivity index (χ0n) is 9.64. The Balaban J connectivity index is 3.24. The second kappa shape index (κ2) is 4.47. The van der Waals surface area contributed by atoms with Gasteiger partial charge in [0.25, 0.3) is 0 Å². The summed E-state index contributed by atoms with van der Waals surface area (Å²) in [6.07, 6.45) is 0. The molecule has 2 heteroatoms. The molecule has 1 unspecified atom stereocenters. The van der Waals surface area contributed by atoms with E-state index in [1.165, 1.54) is 16.7 Å². The van der Waals surface area contributed by atoms with Gasteiger partial charge in [0.05, 0.1) is 7.11 Å². The van der Waals surface area contributed by atoms with Crippen LogP contribution in [0.5, 0.6) is 5.75 Å². The lowest BCUT2D eigenvalue weighted by Crippen LogP contribution is -2.14. The minimum Gasteiger partial charge on any atom is -0.496 e. The molecule has 0 amide bonds. The van der Waals surface area contributed by atoms with E-state index in [-0.39, 0.29) is 0 Å². The first kappa shape index (κ1) is 11.1. The summed E-state index contributed by atoms with van der Waals surface area (Å²) < 4.78 is 5.39. The van der Waals surface area contributed by atoms with Gasteiger partial charge in [0.15, 0.2) is 0 Å². The minimum atomic E-state index is 0.325. The van der Waals surface area contributed by atoms with Gasteiger partial charge >= 0.3 is 0 Å². The summed E-state index contributed by atoms with van der Waals surface area (Å²) >= 11 is 0. The van der Waals surface area contributed by atoms with Crippen LogP contribution in [0.1, 0.15) is 29.7 Å². The van der Waals surface area contributed by atoms with E-state index in [4.69, 9.17) is 4.74 Å². The number of benzene rings is 1. The number of rotatable bonds is 3. The van der Waals surface area contributed by atoms with Crippen LogP contribution in [-0.4, -0.2) is 14.2 Å². The maximum Gasteiger partial charge on any atom is 0.124 e. The Morgan fingerprint density at radius 1 is 1.29 bits per heavy atom. The van der Waals surface area contributed by atoms with E-state index in [1.54, 1.807) is 7.11 Å². The van der Waals surface area contributed by atoms with Gasteiger partial charge in [-0.15, -0.1) is 0 Å². The first-order chi connectivity index (χ1) is 6.60. The molecule has 0 spiro atoms. The molecule has 1 N–H and O–H groups in total. The van der Waals surface area contributed by atoms with Crippen molar-refractivity contribution in [3.05, 3.63) is 28.8 Å². The average Bonchev–Trinajstić information content (AvgIpc) is 2.15. The molecule has 0 radical (unpaired) electrons. The highest BCUT2D eigenvalue weighted by Gasteiger charge is 2.12. The molecule has 0 heterocycles. The average molecular weight is 193 g/mol. The van der Waals surface area contributed by atoms with E-state index in [9.17, 15) is 0 Å². The van der Waals surface area contributed by atoms with Gasteiger partial charge < -0.3 is 10.1 Å². The van der Waals surface area contributed by atoms with E-state index in [0.29, 0.717) is 6.04 Å². The van der Waals surface area contributed by atoms with Crippen molar-refractivity contribution in [3.8, 4) is 5.75 Å². The molecule has 1 aromatic rings. The Labute approximate surface area is 86.3 Å². The molecule has 1 aromatic carbocycles. The minimum absolute atomic E-state index is 0.325. The summed E-state index contributed by atoms with van der Waals surface area (Å²) in [5.74, 6) is 0.976. The first-order valence-electron chi connectivity index (χ1n) is 4.92. The molecule has 0 aliphatic carbocycles. The molecule has 1 rings (SSSR count). The van der Waals surface area contributed by atoms with Crippen LogP contribution in [0, 0.1) is 13.8 Å². The summed E-state index contributed by atoms with van der Waals surface area (Å²) in [6.45, 7) is 6.35. The van der Waals surface area contributed by atoms with Gasteiger partial charge in [-0.25, -0.2) is 0 Å². The SMILES string of the molecule is CNC(C)c1c(C)cc(C)cc1OC. The molecule has 78 valence electrons. The van der Waals surface area contributed by atoms with Gasteiger partial charge in [-0.2, -0.15) is 0 Å². The maximum atomic E-state index is 5.39. The van der Waals surface area contributed by atoms with Gasteiger partial charge in [-0.1, -0.05) is 6.07 Å². The lowest BCUT2D eigenvalue weighted by atomic mass is 9.99. The van der Waals surface area contributed by atoms with Crippen molar-refractivity contribution in [2.75, 3.05) is 14.2 Å². The van der Waals surface area contributed by atoms with Crippen molar-refractivity contribution in [2.45, 2.75) is 26.8 Å². The third-order valence-electron chi connectivity index (χ3n) is 2.58. The van der Waals surface area contributed by atoms with Crippen molar-refractivity contribution in [2.24, 2.45) is 0 Å². The van der Waals surface area contributed by atoms with Gasteiger partial charge in [0.1, 0.15) is 5.75 Å². The summed E-state index contributed by atoms with van der Waals surface area (Å²) in [7, 11) is 3.68. The Kier molecular flexibility index (Phi) is 3.53. The normalized spacial score (nSPS) is 12.6. The second-order valence-corrected chi connectivity index (χ2v) is 3.71. The smallest absolute Gasteiger partial charge is 0.124 e. The van der Waals surface area contributed by atoms with E-state index in [0.717, 1.165) is 5.75 Å². The van der Waals surface area contributed by atoms with E-state index in [1.807, 2.05) is 7.05 Å². The zero-order valence-corrected chi connectivity index (χ0v) is 9.64. The van der Waals surface area contributed by atoms with Crippen LogP contribution < -0.4 is 10.1 Å². The Hall–Kier alpha value is -1.02. The molecule has 2 nitrogen and oxygen atoms in total. The molecule has 14 heavy (non-hydrogen) atoms. The molecule has 0 aliphatic rings. The van der Waals surface area contributed by atoms with Crippen molar-refractivity contribution in [1.82, 2.24) is 5.32 Å². The topological polar surface area (TPSA) is 21.3 Å². The van der Waals surface area contributed by atoms with Gasteiger partial charge in [-0.3, -0.25) is 0 Å². The highest BCUT2D eigenvalue weighted by atomic mass is 16.5. The fourth-order valence-corrected chi connectivity index (χ4v) is 1.81. The number of aryl methyl sites for hydroxylation is 2. The van der Waals surface area contributed by atoms with Crippen LogP contribution in [0.25, 0.3) is 0 Å². The number of hydrogen-bond acceptors (Lipinski definition) is 2. The quantitative estimate of drug-likeness (QED) is 0.796. The van der Waals surface area contributed by atoms with Gasteiger partial charge in [0, 0.05) is 11.6 Å². The molecule has 0 bridgehead atoms. The molecule has 0 aliphatic heterocycles. The Bertz CT molecular complexity index is 320. The number of methoxy groups -OCH3 is 1. The Morgan fingerprint density at radius 3 is 2.43 bits per heavy atom.